The van der Waals surface area contributed by atoms with Crippen LogP contribution in [0.2, 0.25) is 0 Å². The fourth-order valence-corrected chi connectivity index (χ4v) is 3.41. The van der Waals surface area contributed by atoms with Crippen LogP contribution in [0.1, 0.15) is 12.8 Å². The Labute approximate surface area is 141 Å². The Kier molecular flexibility index (Phi) is 4.17. The van der Waals surface area contributed by atoms with Gasteiger partial charge in [-0.05, 0) is 30.4 Å². The maximum Gasteiger partial charge on any atom is 0.143 e. The molecule has 1 aliphatic heterocycles. The zero-order chi connectivity index (χ0) is 16.4. The number of anilines is 1. The molecule has 1 fully saturated rings. The van der Waals surface area contributed by atoms with E-state index in [1.807, 2.05) is 18.2 Å². The molecule has 1 saturated heterocycles. The highest BCUT2D eigenvalue weighted by Gasteiger charge is 2.18. The van der Waals surface area contributed by atoms with Gasteiger partial charge < -0.3 is 14.6 Å². The highest BCUT2D eigenvalue weighted by atomic mass is 16.5. The molecule has 24 heavy (non-hydrogen) atoms. The highest BCUT2D eigenvalue weighted by molar-refractivity contribution is 5.91. The summed E-state index contributed by atoms with van der Waals surface area (Å²) in [6, 6.07) is 12.5. The summed E-state index contributed by atoms with van der Waals surface area (Å²) in [5.74, 6) is 1.66. The summed E-state index contributed by atoms with van der Waals surface area (Å²) < 4.78 is 5.46. The van der Waals surface area contributed by atoms with Gasteiger partial charge in [0.15, 0.2) is 0 Å². The van der Waals surface area contributed by atoms with Gasteiger partial charge in [0, 0.05) is 32.5 Å². The third kappa shape index (κ3) is 2.99. The predicted octanol–water partition coefficient (Wildman–Crippen LogP) is 3.49. The molecule has 0 bridgehead atoms. The number of fused-ring (bicyclic) bond motifs is 1. The Morgan fingerprint density at radius 1 is 1.17 bits per heavy atom. The van der Waals surface area contributed by atoms with Gasteiger partial charge in [-0.25, -0.2) is 9.97 Å². The predicted molar refractivity (Wildman–Crippen MR) is 96.1 cm³/mol. The molecule has 124 valence electrons. The average molecular weight is 322 g/mol. The summed E-state index contributed by atoms with van der Waals surface area (Å²) in [5.41, 5.74) is 3.12. The SMILES string of the molecule is CN(CC1CCOCC1)c1ncnc2[nH]c(-c3ccccc3)cc12. The van der Waals surface area contributed by atoms with Crippen LogP contribution in [0, 0.1) is 5.92 Å². The van der Waals surface area contributed by atoms with E-state index in [0.717, 1.165) is 60.7 Å². The third-order valence-corrected chi connectivity index (χ3v) is 4.72. The van der Waals surface area contributed by atoms with Crippen molar-refractivity contribution < 1.29 is 4.74 Å². The molecular formula is C19H22N4O. The number of ether oxygens (including phenoxy) is 1. The van der Waals surface area contributed by atoms with Gasteiger partial charge >= 0.3 is 0 Å². The van der Waals surface area contributed by atoms with E-state index in [2.05, 4.69) is 45.1 Å². The monoisotopic (exact) mass is 322 g/mol. The molecule has 5 nitrogen and oxygen atoms in total. The van der Waals surface area contributed by atoms with Crippen LogP contribution in [0.15, 0.2) is 42.7 Å². The van der Waals surface area contributed by atoms with Crippen molar-refractivity contribution in [2.75, 3.05) is 31.7 Å². The Morgan fingerprint density at radius 3 is 2.75 bits per heavy atom. The fourth-order valence-electron chi connectivity index (χ4n) is 3.41. The normalized spacial score (nSPS) is 15.7. The van der Waals surface area contributed by atoms with Crippen LogP contribution in [0.5, 0.6) is 0 Å². The van der Waals surface area contributed by atoms with Gasteiger partial charge in [-0.3, -0.25) is 0 Å². The van der Waals surface area contributed by atoms with E-state index in [9.17, 15) is 0 Å². The molecule has 0 spiro atoms. The number of rotatable bonds is 4. The smallest absolute Gasteiger partial charge is 0.143 e. The van der Waals surface area contributed by atoms with Crippen LogP contribution in [0.25, 0.3) is 22.3 Å². The number of nitrogens with one attached hydrogen (secondary N) is 1. The van der Waals surface area contributed by atoms with Gasteiger partial charge in [-0.15, -0.1) is 0 Å². The molecule has 4 rings (SSSR count). The molecule has 3 aromatic rings. The number of benzene rings is 1. The third-order valence-electron chi connectivity index (χ3n) is 4.72. The van der Waals surface area contributed by atoms with Crippen LogP contribution >= 0.6 is 0 Å². The lowest BCUT2D eigenvalue weighted by molar-refractivity contribution is 0.0685. The first-order chi connectivity index (χ1) is 11.8. The second kappa shape index (κ2) is 6.61. The molecule has 0 aliphatic carbocycles. The maximum absolute atomic E-state index is 5.46. The van der Waals surface area contributed by atoms with Crippen LogP contribution in [-0.2, 0) is 4.74 Å². The van der Waals surface area contributed by atoms with E-state index in [0.29, 0.717) is 5.92 Å². The topological polar surface area (TPSA) is 54.0 Å². The minimum absolute atomic E-state index is 0.668. The molecule has 0 unspecified atom stereocenters. The Bertz CT molecular complexity index is 809. The molecule has 1 aromatic carbocycles. The summed E-state index contributed by atoms with van der Waals surface area (Å²) in [5, 5.41) is 1.07. The molecule has 1 N–H and O–H groups in total. The zero-order valence-corrected chi connectivity index (χ0v) is 13.9. The molecule has 0 amide bonds. The Morgan fingerprint density at radius 2 is 1.96 bits per heavy atom. The summed E-state index contributed by atoms with van der Waals surface area (Å²) in [6.45, 7) is 2.75. The molecule has 0 saturated carbocycles. The van der Waals surface area contributed by atoms with Crippen LogP contribution in [0.4, 0.5) is 5.82 Å². The minimum Gasteiger partial charge on any atom is -0.381 e. The van der Waals surface area contributed by atoms with Crippen molar-refractivity contribution in [3.05, 3.63) is 42.7 Å². The standard InChI is InChI=1S/C19H22N4O/c1-23(12-14-7-9-24-10-8-14)19-16-11-17(15-5-3-2-4-6-15)22-18(16)20-13-21-19/h2-6,11,13-14H,7-10,12H2,1H3,(H,20,21,22). The van der Waals surface area contributed by atoms with Crippen LogP contribution < -0.4 is 4.90 Å². The first kappa shape index (κ1) is 15.1. The number of aromatic nitrogens is 3. The Hall–Kier alpha value is -2.40. The summed E-state index contributed by atoms with van der Waals surface area (Å²) in [7, 11) is 2.12. The van der Waals surface area contributed by atoms with Crippen LogP contribution in [0.3, 0.4) is 0 Å². The number of aromatic amines is 1. The summed E-state index contributed by atoms with van der Waals surface area (Å²) >= 11 is 0. The lowest BCUT2D eigenvalue weighted by atomic mass is 10.00. The number of hydrogen-bond acceptors (Lipinski definition) is 4. The van der Waals surface area contributed by atoms with Gasteiger partial charge in [0.25, 0.3) is 0 Å². The largest absolute Gasteiger partial charge is 0.381 e. The van der Waals surface area contributed by atoms with Crippen molar-refractivity contribution in [1.82, 2.24) is 15.0 Å². The van der Waals surface area contributed by atoms with E-state index in [1.54, 1.807) is 6.33 Å². The molecule has 0 radical (unpaired) electrons. The number of nitrogens with zero attached hydrogens (tertiary/aromatic N) is 3. The fraction of sp³-hybridized carbons (Fsp3) is 0.368. The van der Waals surface area contributed by atoms with E-state index in [-0.39, 0.29) is 0 Å². The van der Waals surface area contributed by atoms with E-state index in [1.165, 1.54) is 0 Å². The van der Waals surface area contributed by atoms with Crippen molar-refractivity contribution in [2.45, 2.75) is 12.8 Å². The van der Waals surface area contributed by atoms with Crippen molar-refractivity contribution in [2.24, 2.45) is 5.92 Å². The molecule has 3 heterocycles. The van der Waals surface area contributed by atoms with Gasteiger partial charge in [-0.2, -0.15) is 0 Å². The first-order valence-electron chi connectivity index (χ1n) is 8.49. The molecule has 1 aliphatic rings. The van der Waals surface area contributed by atoms with Crippen molar-refractivity contribution in [3.63, 3.8) is 0 Å². The van der Waals surface area contributed by atoms with E-state index >= 15 is 0 Å². The van der Waals surface area contributed by atoms with Crippen LogP contribution in [-0.4, -0.2) is 41.8 Å². The van der Waals surface area contributed by atoms with Gasteiger partial charge in [0.2, 0.25) is 0 Å². The van der Waals surface area contributed by atoms with Crippen molar-refractivity contribution >= 4 is 16.9 Å². The second-order valence-electron chi connectivity index (χ2n) is 6.44. The van der Waals surface area contributed by atoms with Crippen molar-refractivity contribution in [1.29, 1.82) is 0 Å². The maximum atomic E-state index is 5.46. The summed E-state index contributed by atoms with van der Waals surface area (Å²) in [4.78, 5) is 14.6. The average Bonchev–Trinajstić information content (AvgIpc) is 3.07. The van der Waals surface area contributed by atoms with Crippen molar-refractivity contribution in [3.8, 4) is 11.3 Å². The minimum atomic E-state index is 0.668. The number of hydrogen-bond donors (Lipinski definition) is 1. The van der Waals surface area contributed by atoms with Gasteiger partial charge in [0.1, 0.15) is 17.8 Å². The Balaban J connectivity index is 1.64. The quantitative estimate of drug-likeness (QED) is 0.799. The molecule has 5 heteroatoms. The highest BCUT2D eigenvalue weighted by Crippen LogP contribution is 2.29. The lowest BCUT2D eigenvalue weighted by Crippen LogP contribution is -2.30. The lowest BCUT2D eigenvalue weighted by Gasteiger charge is -2.27. The molecule has 2 aromatic heterocycles. The zero-order valence-electron chi connectivity index (χ0n) is 13.9. The van der Waals surface area contributed by atoms with E-state index in [4.69, 9.17) is 4.74 Å². The summed E-state index contributed by atoms with van der Waals surface area (Å²) in [6.07, 6.45) is 3.89. The van der Waals surface area contributed by atoms with Gasteiger partial charge in [-0.1, -0.05) is 30.3 Å². The first-order valence-corrected chi connectivity index (χ1v) is 8.49. The second-order valence-corrected chi connectivity index (χ2v) is 6.44. The number of H-pyrrole nitrogens is 1. The van der Waals surface area contributed by atoms with Gasteiger partial charge in [0.05, 0.1) is 5.39 Å². The molecular weight excluding hydrogens is 300 g/mol. The molecule has 0 atom stereocenters. The van der Waals surface area contributed by atoms with E-state index < -0.39 is 0 Å².